The number of nitrogens with zero attached hydrogens (tertiary/aromatic N) is 3. The molecule has 0 atom stereocenters. The minimum atomic E-state index is -0.370. The summed E-state index contributed by atoms with van der Waals surface area (Å²) in [7, 11) is 3.46. The van der Waals surface area contributed by atoms with Gasteiger partial charge in [0, 0.05) is 12.4 Å². The summed E-state index contributed by atoms with van der Waals surface area (Å²) in [4.78, 5) is 27.4. The second-order valence-corrected chi connectivity index (χ2v) is 7.97. The highest BCUT2D eigenvalue weighted by Gasteiger charge is 2.21. The Kier molecular flexibility index (Phi) is 4.70. The summed E-state index contributed by atoms with van der Waals surface area (Å²) in [6.07, 6.45) is 0. The molecule has 0 aliphatic heterocycles. The van der Waals surface area contributed by atoms with Crippen molar-refractivity contribution in [3.05, 3.63) is 105 Å². The number of hydrogen-bond acceptors (Lipinski definition) is 3. The molecule has 32 heavy (non-hydrogen) atoms. The van der Waals surface area contributed by atoms with Crippen molar-refractivity contribution in [3.63, 3.8) is 0 Å². The van der Waals surface area contributed by atoms with Crippen LogP contribution in [0.4, 0.5) is 0 Å². The number of rotatable bonds is 4. The van der Waals surface area contributed by atoms with E-state index in [1.165, 1.54) is 4.57 Å². The van der Waals surface area contributed by atoms with E-state index >= 15 is 0 Å². The lowest BCUT2D eigenvalue weighted by Gasteiger charge is -2.14. The van der Waals surface area contributed by atoms with Crippen LogP contribution in [0.15, 0.2) is 82.4 Å². The van der Waals surface area contributed by atoms with Crippen LogP contribution in [0.5, 0.6) is 5.75 Å². The van der Waals surface area contributed by atoms with E-state index in [1.54, 1.807) is 23.8 Å². The van der Waals surface area contributed by atoms with Crippen molar-refractivity contribution in [1.29, 1.82) is 0 Å². The van der Waals surface area contributed by atoms with E-state index in [4.69, 9.17) is 4.74 Å². The monoisotopic (exact) mass is 425 g/mol. The maximum absolute atomic E-state index is 13.8. The first-order chi connectivity index (χ1) is 15.5. The number of aromatic nitrogens is 3. The summed E-state index contributed by atoms with van der Waals surface area (Å²) in [5, 5.41) is 0.809. The van der Waals surface area contributed by atoms with Crippen molar-refractivity contribution in [2.75, 3.05) is 7.11 Å². The first kappa shape index (κ1) is 19.9. The highest BCUT2D eigenvalue weighted by molar-refractivity contribution is 6.06. The van der Waals surface area contributed by atoms with Crippen LogP contribution in [0.3, 0.4) is 0 Å². The van der Waals surface area contributed by atoms with Crippen LogP contribution >= 0.6 is 0 Å². The van der Waals surface area contributed by atoms with Crippen LogP contribution in [0, 0.1) is 6.92 Å². The molecule has 5 aromatic rings. The molecule has 0 unspecified atom stereocenters. The van der Waals surface area contributed by atoms with Crippen LogP contribution in [0.1, 0.15) is 11.1 Å². The molecule has 0 aliphatic rings. The summed E-state index contributed by atoms with van der Waals surface area (Å²) < 4.78 is 10.2. The quantitative estimate of drug-likeness (QED) is 0.437. The van der Waals surface area contributed by atoms with Gasteiger partial charge in [-0.15, -0.1) is 0 Å². The summed E-state index contributed by atoms with van der Waals surface area (Å²) in [5.74, 6) is 0.673. The Balaban J connectivity index is 1.95. The number of fused-ring (bicyclic) bond motifs is 3. The molecule has 2 aromatic heterocycles. The van der Waals surface area contributed by atoms with Crippen molar-refractivity contribution in [1.82, 2.24) is 13.7 Å². The smallest absolute Gasteiger partial charge is 0.336 e. The fourth-order valence-corrected chi connectivity index (χ4v) is 4.40. The molecular formula is C26H23N3O3. The molecule has 0 aliphatic carbocycles. The fourth-order valence-electron chi connectivity index (χ4n) is 4.40. The molecule has 2 heterocycles. The third kappa shape index (κ3) is 3.03. The minimum Gasteiger partial charge on any atom is -0.497 e. The molecule has 0 radical (unpaired) electrons. The molecule has 0 N–H and O–H groups in total. The molecule has 0 fully saturated rings. The fraction of sp³-hybridized carbons (Fsp3) is 0.154. The SMILES string of the molecule is COc1ccc2c(c1)c1c(c(=O)n(-c3ccccc3)c(=O)n1Cc1cccc(C)c1)n2C. The highest BCUT2D eigenvalue weighted by Crippen LogP contribution is 2.29. The maximum atomic E-state index is 13.8. The molecule has 0 amide bonds. The second-order valence-electron chi connectivity index (χ2n) is 7.97. The van der Waals surface area contributed by atoms with E-state index in [-0.39, 0.29) is 11.2 Å². The molecule has 0 bridgehead atoms. The molecule has 160 valence electrons. The van der Waals surface area contributed by atoms with Crippen LogP contribution in [-0.2, 0) is 13.6 Å². The number of benzene rings is 3. The number of aryl methyl sites for hydroxylation is 2. The van der Waals surface area contributed by atoms with Gasteiger partial charge in [0.25, 0.3) is 5.56 Å². The first-order valence-corrected chi connectivity index (χ1v) is 10.4. The van der Waals surface area contributed by atoms with Crippen molar-refractivity contribution in [2.24, 2.45) is 7.05 Å². The van der Waals surface area contributed by atoms with Crippen LogP contribution in [-0.4, -0.2) is 20.8 Å². The number of hydrogen-bond donors (Lipinski definition) is 0. The van der Waals surface area contributed by atoms with Gasteiger partial charge < -0.3 is 9.30 Å². The zero-order valence-corrected chi connectivity index (χ0v) is 18.2. The van der Waals surface area contributed by atoms with E-state index < -0.39 is 0 Å². The minimum absolute atomic E-state index is 0.339. The first-order valence-electron chi connectivity index (χ1n) is 10.4. The molecule has 0 spiro atoms. The summed E-state index contributed by atoms with van der Waals surface area (Å²) in [5.41, 5.74) is 3.90. The summed E-state index contributed by atoms with van der Waals surface area (Å²) in [6, 6.07) is 22.8. The summed E-state index contributed by atoms with van der Waals surface area (Å²) in [6.45, 7) is 2.37. The molecule has 6 nitrogen and oxygen atoms in total. The molecule has 0 saturated carbocycles. The van der Waals surface area contributed by atoms with Gasteiger partial charge in [-0.25, -0.2) is 9.36 Å². The number of para-hydroxylation sites is 1. The predicted molar refractivity (Wildman–Crippen MR) is 127 cm³/mol. The average Bonchev–Trinajstić information content (AvgIpc) is 3.09. The average molecular weight is 425 g/mol. The number of ether oxygens (including phenoxy) is 1. The van der Waals surface area contributed by atoms with E-state index in [1.807, 2.05) is 73.1 Å². The number of methoxy groups -OCH3 is 1. The van der Waals surface area contributed by atoms with Crippen molar-refractivity contribution in [2.45, 2.75) is 13.5 Å². The zero-order valence-electron chi connectivity index (χ0n) is 18.2. The lowest BCUT2D eigenvalue weighted by Crippen LogP contribution is -2.39. The van der Waals surface area contributed by atoms with Gasteiger partial charge in [0.2, 0.25) is 0 Å². The zero-order chi connectivity index (χ0) is 22.4. The maximum Gasteiger partial charge on any atom is 0.336 e. The van der Waals surface area contributed by atoms with Gasteiger partial charge in [0.1, 0.15) is 11.3 Å². The third-order valence-corrected chi connectivity index (χ3v) is 5.92. The largest absolute Gasteiger partial charge is 0.497 e. The Morgan fingerprint density at radius 1 is 0.875 bits per heavy atom. The second kappa shape index (κ2) is 7.57. The molecule has 6 heteroatoms. The van der Waals surface area contributed by atoms with Gasteiger partial charge in [-0.2, -0.15) is 0 Å². The van der Waals surface area contributed by atoms with E-state index in [2.05, 4.69) is 6.07 Å². The normalized spacial score (nSPS) is 11.3. The van der Waals surface area contributed by atoms with Gasteiger partial charge in [-0.1, -0.05) is 48.0 Å². The van der Waals surface area contributed by atoms with Crippen molar-refractivity contribution in [3.8, 4) is 11.4 Å². The molecule has 0 saturated heterocycles. The van der Waals surface area contributed by atoms with Crippen LogP contribution in [0.25, 0.3) is 27.6 Å². The Bertz CT molecular complexity index is 1590. The highest BCUT2D eigenvalue weighted by atomic mass is 16.5. The van der Waals surface area contributed by atoms with E-state index in [0.29, 0.717) is 29.0 Å². The van der Waals surface area contributed by atoms with Crippen LogP contribution in [0.2, 0.25) is 0 Å². The Morgan fingerprint density at radius 2 is 1.66 bits per heavy atom. The molecule has 3 aromatic carbocycles. The predicted octanol–water partition coefficient (Wildman–Crippen LogP) is 4.01. The lowest BCUT2D eigenvalue weighted by molar-refractivity contribution is 0.415. The van der Waals surface area contributed by atoms with E-state index in [9.17, 15) is 9.59 Å². The van der Waals surface area contributed by atoms with Gasteiger partial charge in [-0.3, -0.25) is 9.36 Å². The van der Waals surface area contributed by atoms with Gasteiger partial charge in [0.15, 0.2) is 0 Å². The standard InChI is InChI=1S/C26H23N3O3/c1-17-8-7-9-18(14-17)16-28-23-21-15-20(32-3)12-13-22(21)27(2)24(23)25(30)29(26(28)31)19-10-5-4-6-11-19/h4-15H,16H2,1-3H3. The van der Waals surface area contributed by atoms with Crippen molar-refractivity contribution < 1.29 is 4.74 Å². The Labute approximate surface area is 184 Å². The van der Waals surface area contributed by atoms with Gasteiger partial charge in [-0.05, 0) is 42.8 Å². The third-order valence-electron chi connectivity index (χ3n) is 5.92. The summed E-state index contributed by atoms with van der Waals surface area (Å²) >= 11 is 0. The molecular weight excluding hydrogens is 402 g/mol. The lowest BCUT2D eigenvalue weighted by atomic mass is 10.1. The van der Waals surface area contributed by atoms with Crippen LogP contribution < -0.4 is 16.0 Å². The Hall–Kier alpha value is -4.06. The Morgan fingerprint density at radius 3 is 2.38 bits per heavy atom. The van der Waals surface area contributed by atoms with Gasteiger partial charge in [0.05, 0.1) is 30.4 Å². The van der Waals surface area contributed by atoms with Crippen molar-refractivity contribution >= 4 is 21.9 Å². The topological polar surface area (TPSA) is 58.2 Å². The van der Waals surface area contributed by atoms with E-state index in [0.717, 1.165) is 22.0 Å². The molecule has 5 rings (SSSR count). The van der Waals surface area contributed by atoms with Gasteiger partial charge >= 0.3 is 5.69 Å².